The van der Waals surface area contributed by atoms with Gasteiger partial charge in [-0.15, -0.1) is 0 Å². The molecule has 0 radical (unpaired) electrons. The number of rotatable bonds is 7. The largest absolute Gasteiger partial charge is 0.384 e. The Morgan fingerprint density at radius 2 is 2.19 bits per heavy atom. The number of methoxy groups -OCH3 is 1. The number of piperidine rings is 1. The highest BCUT2D eigenvalue weighted by atomic mass is 32.2. The monoisotopic (exact) mass is 317 g/mol. The second-order valence-electron chi connectivity index (χ2n) is 5.70. The van der Waals surface area contributed by atoms with Gasteiger partial charge in [-0.2, -0.15) is 0 Å². The summed E-state index contributed by atoms with van der Waals surface area (Å²) >= 11 is 0. The number of ether oxygens (including phenoxy) is 1. The molecule has 2 rings (SSSR count). The smallest absolute Gasteiger partial charge is 0.219 e. The maximum absolute atomic E-state index is 12.1. The molecule has 0 saturated carbocycles. The molecule has 0 amide bonds. The Hall–Kier alpha value is -0.960. The van der Waals surface area contributed by atoms with Crippen molar-refractivity contribution in [3.8, 4) is 0 Å². The fourth-order valence-corrected chi connectivity index (χ4v) is 3.76. The summed E-state index contributed by atoms with van der Waals surface area (Å²) in [6, 6.07) is 1.63. The number of hydrogen-bond donors (Lipinski definition) is 2. The Balaban J connectivity index is 1.95. The van der Waals surface area contributed by atoms with Crippen LogP contribution in [-0.4, -0.2) is 46.9 Å². The van der Waals surface area contributed by atoms with Crippen LogP contribution in [0.3, 0.4) is 0 Å². The van der Waals surface area contributed by atoms with E-state index in [4.69, 9.17) is 9.26 Å². The van der Waals surface area contributed by atoms with Gasteiger partial charge in [-0.25, -0.2) is 13.1 Å². The number of aromatic nitrogens is 1. The van der Waals surface area contributed by atoms with Crippen molar-refractivity contribution in [2.24, 2.45) is 5.41 Å². The lowest BCUT2D eigenvalue weighted by Crippen LogP contribution is -2.47. The van der Waals surface area contributed by atoms with E-state index in [-0.39, 0.29) is 11.2 Å². The summed E-state index contributed by atoms with van der Waals surface area (Å²) in [4.78, 5) is 0. The van der Waals surface area contributed by atoms with Crippen LogP contribution >= 0.6 is 0 Å². The third kappa shape index (κ3) is 4.77. The van der Waals surface area contributed by atoms with Gasteiger partial charge in [0.05, 0.1) is 12.3 Å². The van der Waals surface area contributed by atoms with E-state index in [9.17, 15) is 8.42 Å². The first-order chi connectivity index (χ1) is 9.95. The molecule has 0 aromatic carbocycles. The molecule has 1 aliphatic heterocycles. The molecule has 0 aliphatic carbocycles. The van der Waals surface area contributed by atoms with Gasteiger partial charge in [-0.05, 0) is 32.9 Å². The number of sulfonamides is 1. The highest BCUT2D eigenvalue weighted by Crippen LogP contribution is 2.28. The Labute approximate surface area is 125 Å². The molecule has 1 aromatic rings. The average molecular weight is 317 g/mol. The van der Waals surface area contributed by atoms with E-state index in [1.54, 1.807) is 20.1 Å². The lowest BCUT2D eigenvalue weighted by molar-refractivity contribution is 0.0577. The first kappa shape index (κ1) is 16.4. The van der Waals surface area contributed by atoms with Crippen LogP contribution in [0.15, 0.2) is 10.6 Å². The van der Waals surface area contributed by atoms with E-state index >= 15 is 0 Å². The van der Waals surface area contributed by atoms with Gasteiger partial charge < -0.3 is 14.6 Å². The van der Waals surface area contributed by atoms with Gasteiger partial charge in [0.15, 0.2) is 5.76 Å². The van der Waals surface area contributed by atoms with Crippen LogP contribution in [-0.2, 0) is 20.5 Å². The SMILES string of the molecule is COCC1(CNS(=O)(=O)Cc2cc(C)no2)CCNCC1. The summed E-state index contributed by atoms with van der Waals surface area (Å²) in [7, 11) is -1.79. The van der Waals surface area contributed by atoms with Crippen LogP contribution in [0.4, 0.5) is 0 Å². The number of nitrogens with one attached hydrogen (secondary N) is 2. The number of hydrogen-bond acceptors (Lipinski definition) is 6. The summed E-state index contributed by atoms with van der Waals surface area (Å²) in [5.74, 6) is 0.168. The highest BCUT2D eigenvalue weighted by Gasteiger charge is 2.33. The van der Waals surface area contributed by atoms with E-state index in [0.717, 1.165) is 25.9 Å². The minimum atomic E-state index is -3.44. The third-order valence-electron chi connectivity index (χ3n) is 3.79. The van der Waals surface area contributed by atoms with E-state index < -0.39 is 10.0 Å². The summed E-state index contributed by atoms with van der Waals surface area (Å²) in [5.41, 5.74) is 0.541. The number of aryl methyl sites for hydroxylation is 1. The van der Waals surface area contributed by atoms with Crippen LogP contribution in [0, 0.1) is 12.3 Å². The number of nitrogens with zero attached hydrogens (tertiary/aromatic N) is 1. The van der Waals surface area contributed by atoms with Crippen molar-refractivity contribution in [3.05, 3.63) is 17.5 Å². The molecule has 2 heterocycles. The molecular formula is C13H23N3O4S. The molecule has 1 saturated heterocycles. The van der Waals surface area contributed by atoms with Crippen molar-refractivity contribution in [3.63, 3.8) is 0 Å². The topological polar surface area (TPSA) is 93.5 Å². The van der Waals surface area contributed by atoms with Gasteiger partial charge in [0, 0.05) is 25.1 Å². The van der Waals surface area contributed by atoms with Gasteiger partial charge in [0.2, 0.25) is 10.0 Å². The molecule has 0 bridgehead atoms. The van der Waals surface area contributed by atoms with Gasteiger partial charge in [-0.1, -0.05) is 5.16 Å². The minimum absolute atomic E-state index is 0.135. The summed E-state index contributed by atoms with van der Waals surface area (Å²) in [5, 5.41) is 6.98. The molecule has 1 aromatic heterocycles. The van der Waals surface area contributed by atoms with Crippen LogP contribution < -0.4 is 10.0 Å². The normalized spacial score (nSPS) is 18.8. The molecule has 1 fully saturated rings. The summed E-state index contributed by atoms with van der Waals surface area (Å²) in [6.07, 6.45) is 1.79. The maximum atomic E-state index is 12.1. The van der Waals surface area contributed by atoms with Crippen molar-refractivity contribution in [2.75, 3.05) is 33.4 Å². The molecule has 120 valence electrons. The van der Waals surface area contributed by atoms with E-state index in [1.807, 2.05) is 0 Å². The molecule has 1 aliphatic rings. The van der Waals surface area contributed by atoms with Crippen molar-refractivity contribution in [2.45, 2.75) is 25.5 Å². The Morgan fingerprint density at radius 1 is 1.48 bits per heavy atom. The molecule has 7 nitrogen and oxygen atoms in total. The van der Waals surface area contributed by atoms with E-state index in [1.165, 1.54) is 0 Å². The second-order valence-corrected chi connectivity index (χ2v) is 7.50. The molecule has 0 unspecified atom stereocenters. The molecule has 8 heteroatoms. The van der Waals surface area contributed by atoms with Crippen molar-refractivity contribution in [1.82, 2.24) is 15.2 Å². The molecule has 21 heavy (non-hydrogen) atoms. The maximum Gasteiger partial charge on any atom is 0.219 e. The predicted molar refractivity (Wildman–Crippen MR) is 78.3 cm³/mol. The van der Waals surface area contributed by atoms with Gasteiger partial charge in [-0.3, -0.25) is 0 Å². The van der Waals surface area contributed by atoms with Crippen LogP contribution in [0.25, 0.3) is 0 Å². The summed E-state index contributed by atoms with van der Waals surface area (Å²) in [6.45, 7) is 4.46. The van der Waals surface area contributed by atoms with Crippen LogP contribution in [0.2, 0.25) is 0 Å². The average Bonchev–Trinajstić information content (AvgIpc) is 2.83. The van der Waals surface area contributed by atoms with Gasteiger partial charge >= 0.3 is 0 Å². The lowest BCUT2D eigenvalue weighted by Gasteiger charge is -2.37. The summed E-state index contributed by atoms with van der Waals surface area (Å²) < 4.78 is 37.2. The molecule has 2 N–H and O–H groups in total. The van der Waals surface area contributed by atoms with Crippen molar-refractivity contribution < 1.29 is 17.7 Å². The molecule has 0 spiro atoms. The zero-order valence-electron chi connectivity index (χ0n) is 12.5. The van der Waals surface area contributed by atoms with Gasteiger partial charge in [0.25, 0.3) is 0 Å². The van der Waals surface area contributed by atoms with Gasteiger partial charge in [0.1, 0.15) is 5.75 Å². The fourth-order valence-electron chi connectivity index (χ4n) is 2.62. The third-order valence-corrected chi connectivity index (χ3v) is 5.04. The first-order valence-corrected chi connectivity index (χ1v) is 8.69. The predicted octanol–water partition coefficient (Wildman–Crippen LogP) is 0.419. The zero-order chi connectivity index (χ0) is 15.3. The van der Waals surface area contributed by atoms with Crippen LogP contribution in [0.5, 0.6) is 0 Å². The van der Waals surface area contributed by atoms with Crippen molar-refractivity contribution in [1.29, 1.82) is 0 Å². The second kappa shape index (κ2) is 6.87. The minimum Gasteiger partial charge on any atom is -0.384 e. The Bertz CT molecular complexity index is 544. The molecule has 0 atom stereocenters. The first-order valence-electron chi connectivity index (χ1n) is 7.04. The lowest BCUT2D eigenvalue weighted by atomic mass is 9.80. The zero-order valence-corrected chi connectivity index (χ0v) is 13.3. The Morgan fingerprint density at radius 3 is 2.76 bits per heavy atom. The fraction of sp³-hybridized carbons (Fsp3) is 0.769. The van der Waals surface area contributed by atoms with E-state index in [2.05, 4.69) is 15.2 Å². The Kier molecular flexibility index (Phi) is 5.37. The van der Waals surface area contributed by atoms with E-state index in [0.29, 0.717) is 24.6 Å². The highest BCUT2D eigenvalue weighted by molar-refractivity contribution is 7.88. The van der Waals surface area contributed by atoms with Crippen molar-refractivity contribution >= 4 is 10.0 Å². The van der Waals surface area contributed by atoms with Crippen LogP contribution in [0.1, 0.15) is 24.3 Å². The quantitative estimate of drug-likeness (QED) is 0.757. The molecular weight excluding hydrogens is 294 g/mol. The standard InChI is InChI=1S/C13H23N3O4S/c1-11-7-12(20-16-11)8-21(17,18)15-9-13(10-19-2)3-5-14-6-4-13/h7,14-15H,3-6,8-10H2,1-2H3.